The zero-order valence-corrected chi connectivity index (χ0v) is 25.6. The Balaban J connectivity index is 1.38. The lowest BCUT2D eigenvalue weighted by molar-refractivity contribution is -0.154. The molecule has 2 aromatic carbocycles. The van der Waals surface area contributed by atoms with Crippen molar-refractivity contribution in [2.24, 2.45) is 5.92 Å². The van der Waals surface area contributed by atoms with Crippen LogP contribution in [0.25, 0.3) is 0 Å². The number of halogens is 3. The molecule has 6 rings (SSSR count). The van der Waals surface area contributed by atoms with E-state index >= 15 is 0 Å². The molecule has 4 N–H and O–H groups in total. The van der Waals surface area contributed by atoms with E-state index in [1.165, 1.54) is 0 Å². The highest BCUT2D eigenvalue weighted by Gasteiger charge is 2.29. The molecule has 14 heteroatoms. The number of hydrogen-bond donors (Lipinski definition) is 4. The van der Waals surface area contributed by atoms with Crippen LogP contribution >= 0.6 is 0 Å². The molecule has 0 aliphatic carbocycles. The minimum atomic E-state index is -4.58. The normalized spacial score (nSPS) is 17.9. The highest BCUT2D eigenvalue weighted by molar-refractivity contribution is 5.97. The van der Waals surface area contributed by atoms with Gasteiger partial charge in [-0.05, 0) is 68.1 Å². The van der Waals surface area contributed by atoms with Gasteiger partial charge in [-0.2, -0.15) is 28.1 Å². The summed E-state index contributed by atoms with van der Waals surface area (Å²) in [6.45, 7) is 2.14. The number of carbonyl (C=O) groups excluding carboxylic acids is 1. The van der Waals surface area contributed by atoms with E-state index in [4.69, 9.17) is 14.2 Å². The summed E-state index contributed by atoms with van der Waals surface area (Å²) in [4.78, 5) is 25.6. The number of hydrogen-bond acceptors (Lipinski definition) is 10. The first-order valence-electron chi connectivity index (χ1n) is 15.7. The van der Waals surface area contributed by atoms with Crippen LogP contribution in [0.5, 0.6) is 17.5 Å². The summed E-state index contributed by atoms with van der Waals surface area (Å²) in [5, 5.41) is 12.3. The molecule has 0 radical (unpaired) electrons. The summed E-state index contributed by atoms with van der Waals surface area (Å²) in [5.41, 5.74) is 1.75. The van der Waals surface area contributed by atoms with Crippen molar-refractivity contribution in [3.8, 4) is 17.5 Å². The second-order valence-corrected chi connectivity index (χ2v) is 11.4. The number of nitrogens with zero attached hydrogens (tertiary/aromatic N) is 3. The van der Waals surface area contributed by atoms with Crippen molar-refractivity contribution in [1.29, 1.82) is 0 Å². The first kappa shape index (κ1) is 33.0. The van der Waals surface area contributed by atoms with E-state index in [9.17, 15) is 18.0 Å². The molecular weight excluding hydrogens is 603 g/mol. The van der Waals surface area contributed by atoms with Gasteiger partial charge in [-0.15, -0.1) is 0 Å². The molecule has 3 aliphatic heterocycles. The Morgan fingerprint density at radius 2 is 1.67 bits per heavy atom. The molecule has 46 heavy (non-hydrogen) atoms. The molecule has 1 atom stereocenters. The van der Waals surface area contributed by atoms with Crippen LogP contribution in [-0.2, 0) is 6.54 Å². The molecule has 1 fully saturated rings. The van der Waals surface area contributed by atoms with Crippen LogP contribution in [0, 0.1) is 5.92 Å². The standard InChI is InChI=1S/C32H40F3N7O4/c33-32(34,35)21-46-31-41-29-38-19-22-7-10-25(11-8-22)44-15-5-3-1-2-4-6-16-45-27-17-24(39-30(40-29)42-31)9-12-26(27)28(43)37-20-23-13-14-36-18-23/h7-12,17,23,36H,1-6,13-16,18-21H2,(H,37,43)(H2,38,39,40,41,42). The summed E-state index contributed by atoms with van der Waals surface area (Å²) in [5.74, 6) is 1.25. The smallest absolute Gasteiger partial charge is 0.422 e. The van der Waals surface area contributed by atoms with E-state index in [1.54, 1.807) is 18.2 Å². The molecule has 11 nitrogen and oxygen atoms in total. The molecule has 3 aliphatic rings. The van der Waals surface area contributed by atoms with E-state index in [0.717, 1.165) is 69.3 Å². The summed E-state index contributed by atoms with van der Waals surface area (Å²) in [6, 6.07) is 12.0. The van der Waals surface area contributed by atoms with Crippen LogP contribution in [0.1, 0.15) is 60.9 Å². The number of amides is 1. The molecule has 4 heterocycles. The van der Waals surface area contributed by atoms with Crippen LogP contribution in [0.3, 0.4) is 0 Å². The van der Waals surface area contributed by atoms with Gasteiger partial charge in [0.2, 0.25) is 11.9 Å². The fourth-order valence-corrected chi connectivity index (χ4v) is 5.13. The molecular formula is C32H40F3N7O4. The summed E-state index contributed by atoms with van der Waals surface area (Å²) in [7, 11) is 0. The first-order valence-corrected chi connectivity index (χ1v) is 15.7. The highest BCUT2D eigenvalue weighted by atomic mass is 19.4. The Morgan fingerprint density at radius 3 is 2.41 bits per heavy atom. The lowest BCUT2D eigenvalue weighted by Gasteiger charge is -2.16. The predicted molar refractivity (Wildman–Crippen MR) is 167 cm³/mol. The van der Waals surface area contributed by atoms with Crippen LogP contribution in [-0.4, -0.2) is 66.5 Å². The van der Waals surface area contributed by atoms with Crippen LogP contribution in [0.15, 0.2) is 42.5 Å². The minimum Gasteiger partial charge on any atom is -0.494 e. The number of benzene rings is 2. The van der Waals surface area contributed by atoms with E-state index in [0.29, 0.717) is 49.2 Å². The van der Waals surface area contributed by atoms with Gasteiger partial charge in [-0.1, -0.05) is 37.8 Å². The molecule has 248 valence electrons. The molecule has 6 bridgehead atoms. The number of ether oxygens (including phenoxy) is 3. The lowest BCUT2D eigenvalue weighted by atomic mass is 10.1. The van der Waals surface area contributed by atoms with Gasteiger partial charge >= 0.3 is 12.2 Å². The van der Waals surface area contributed by atoms with Crippen LogP contribution < -0.4 is 35.5 Å². The van der Waals surface area contributed by atoms with Gasteiger partial charge in [-0.25, -0.2) is 0 Å². The second-order valence-electron chi connectivity index (χ2n) is 11.4. The molecule has 1 unspecified atom stereocenters. The number of nitrogens with one attached hydrogen (secondary N) is 4. The number of rotatable bonds is 5. The molecule has 3 aromatic rings. The first-order chi connectivity index (χ1) is 22.3. The van der Waals surface area contributed by atoms with Gasteiger partial charge in [0.25, 0.3) is 5.91 Å². The number of fused-ring (bicyclic) bond motifs is 12. The van der Waals surface area contributed by atoms with Gasteiger partial charge in [-0.3, -0.25) is 4.79 Å². The quantitative estimate of drug-likeness (QED) is 0.278. The van der Waals surface area contributed by atoms with Gasteiger partial charge < -0.3 is 35.5 Å². The van der Waals surface area contributed by atoms with Gasteiger partial charge in [0, 0.05) is 24.8 Å². The number of carbonyl (C=O) groups is 1. The maximum absolute atomic E-state index is 13.2. The summed E-state index contributed by atoms with van der Waals surface area (Å²) < 4.78 is 55.6. The van der Waals surface area contributed by atoms with Crippen molar-refractivity contribution >= 4 is 23.5 Å². The second kappa shape index (κ2) is 16.3. The monoisotopic (exact) mass is 643 g/mol. The van der Waals surface area contributed by atoms with Gasteiger partial charge in [0.15, 0.2) is 6.61 Å². The van der Waals surface area contributed by atoms with Crippen molar-refractivity contribution in [3.05, 3.63) is 53.6 Å². The van der Waals surface area contributed by atoms with Gasteiger partial charge in [0.1, 0.15) is 11.5 Å². The molecule has 1 saturated heterocycles. The Kier molecular flexibility index (Phi) is 11.7. The molecule has 0 spiro atoms. The SMILES string of the molecule is O=C(NCC1CCNC1)c1ccc2cc1OCCCCCCCCOc1ccc(cc1)CNc1nc(nc(OCC(F)(F)F)n1)N2. The number of alkyl halides is 3. The molecule has 0 saturated carbocycles. The third kappa shape index (κ3) is 10.6. The van der Waals surface area contributed by atoms with Crippen LogP contribution in [0.4, 0.5) is 30.8 Å². The fraction of sp³-hybridized carbons (Fsp3) is 0.500. The van der Waals surface area contributed by atoms with E-state index in [-0.39, 0.29) is 17.8 Å². The van der Waals surface area contributed by atoms with Crippen molar-refractivity contribution < 1.29 is 32.2 Å². The Morgan fingerprint density at radius 1 is 0.935 bits per heavy atom. The Labute approximate surface area is 266 Å². The van der Waals surface area contributed by atoms with Crippen molar-refractivity contribution in [1.82, 2.24) is 25.6 Å². The average Bonchev–Trinajstić information content (AvgIpc) is 3.56. The van der Waals surface area contributed by atoms with E-state index in [1.807, 2.05) is 24.3 Å². The van der Waals surface area contributed by atoms with Gasteiger partial charge in [0.05, 0.1) is 18.8 Å². The number of aromatic nitrogens is 3. The number of anilines is 3. The van der Waals surface area contributed by atoms with Crippen LogP contribution in [0.2, 0.25) is 0 Å². The Bertz CT molecular complexity index is 1420. The maximum Gasteiger partial charge on any atom is 0.422 e. The zero-order chi connectivity index (χ0) is 32.2. The largest absolute Gasteiger partial charge is 0.494 e. The third-order valence-electron chi connectivity index (χ3n) is 7.61. The minimum absolute atomic E-state index is 0.0160. The maximum atomic E-state index is 13.2. The average molecular weight is 644 g/mol. The third-order valence-corrected chi connectivity index (χ3v) is 7.61. The fourth-order valence-electron chi connectivity index (χ4n) is 5.13. The molecule has 1 aromatic heterocycles. The summed E-state index contributed by atoms with van der Waals surface area (Å²) in [6.07, 6.45) is 2.41. The van der Waals surface area contributed by atoms with E-state index in [2.05, 4.69) is 36.2 Å². The molecule has 1 amide bonds. The van der Waals surface area contributed by atoms with Crippen molar-refractivity contribution in [2.45, 2.75) is 57.7 Å². The van der Waals surface area contributed by atoms with E-state index < -0.39 is 18.8 Å². The lowest BCUT2D eigenvalue weighted by Crippen LogP contribution is -2.30. The van der Waals surface area contributed by atoms with Crippen molar-refractivity contribution in [2.75, 3.05) is 50.1 Å². The highest BCUT2D eigenvalue weighted by Crippen LogP contribution is 2.27. The Hall–Kier alpha value is -4.33. The predicted octanol–water partition coefficient (Wildman–Crippen LogP) is 5.62. The zero-order valence-electron chi connectivity index (χ0n) is 25.6. The van der Waals surface area contributed by atoms with Crippen molar-refractivity contribution in [3.63, 3.8) is 0 Å². The summed E-state index contributed by atoms with van der Waals surface area (Å²) >= 11 is 0. The topological polar surface area (TPSA) is 132 Å².